The largest absolute Gasteiger partial charge is 0.462 e. The number of benzene rings is 3. The zero-order valence-corrected chi connectivity index (χ0v) is 20.8. The van der Waals surface area contributed by atoms with Gasteiger partial charge in [-0.25, -0.2) is 13.2 Å². The van der Waals surface area contributed by atoms with Crippen molar-refractivity contribution >= 4 is 33.3 Å². The number of rotatable bonds is 9. The lowest BCUT2D eigenvalue weighted by atomic mass is 10.1. The van der Waals surface area contributed by atoms with E-state index in [0.717, 1.165) is 10.6 Å². The topological polar surface area (TPSA) is 102 Å². The third-order valence-corrected chi connectivity index (χ3v) is 6.49. The maximum Gasteiger partial charge on any atom is 0.338 e. The zero-order chi connectivity index (χ0) is 25.6. The van der Waals surface area contributed by atoms with E-state index in [1.807, 2.05) is 30.3 Å². The fourth-order valence-corrected chi connectivity index (χ4v) is 4.71. The first kappa shape index (κ1) is 25.8. The SMILES string of the molecule is CCOC(=O)c1cccc(NC(=O)[C@@H](C)N(c2ccc(Oc3ccccc3)cc2)S(C)(=O)=O)c1C. The van der Waals surface area contributed by atoms with E-state index >= 15 is 0 Å². The lowest BCUT2D eigenvalue weighted by Gasteiger charge is -2.28. The van der Waals surface area contributed by atoms with Gasteiger partial charge >= 0.3 is 5.97 Å². The van der Waals surface area contributed by atoms with Crippen molar-refractivity contribution in [2.45, 2.75) is 26.8 Å². The Balaban J connectivity index is 1.82. The molecular formula is C26H28N2O6S. The number of sulfonamides is 1. The Labute approximate surface area is 205 Å². The Kier molecular flexibility index (Phi) is 8.14. The summed E-state index contributed by atoms with van der Waals surface area (Å²) in [7, 11) is -3.81. The summed E-state index contributed by atoms with van der Waals surface area (Å²) in [4.78, 5) is 25.3. The van der Waals surface area contributed by atoms with Crippen molar-refractivity contribution in [2.24, 2.45) is 0 Å². The van der Waals surface area contributed by atoms with E-state index < -0.39 is 27.9 Å². The second-order valence-electron chi connectivity index (χ2n) is 7.83. The van der Waals surface area contributed by atoms with Gasteiger partial charge in [-0.2, -0.15) is 0 Å². The number of hydrogen-bond donors (Lipinski definition) is 1. The molecule has 9 heteroatoms. The number of esters is 1. The van der Waals surface area contributed by atoms with E-state index in [2.05, 4.69) is 5.32 Å². The lowest BCUT2D eigenvalue weighted by molar-refractivity contribution is -0.116. The fourth-order valence-electron chi connectivity index (χ4n) is 3.53. The molecule has 0 unspecified atom stereocenters. The summed E-state index contributed by atoms with van der Waals surface area (Å²) in [5, 5.41) is 2.74. The van der Waals surface area contributed by atoms with Gasteiger partial charge in [0.15, 0.2) is 0 Å². The molecule has 0 aliphatic heterocycles. The molecule has 0 bridgehead atoms. The Morgan fingerprint density at radius 3 is 2.17 bits per heavy atom. The van der Waals surface area contributed by atoms with Crippen LogP contribution in [0.25, 0.3) is 0 Å². The molecule has 3 rings (SSSR count). The first-order valence-corrected chi connectivity index (χ1v) is 12.9. The molecule has 0 fully saturated rings. The smallest absolute Gasteiger partial charge is 0.338 e. The minimum atomic E-state index is -3.81. The standard InChI is InChI=1S/C26H28N2O6S/c1-5-33-26(30)23-12-9-13-24(18(23)2)27-25(29)19(3)28(35(4,31)32)20-14-16-22(17-15-20)34-21-10-7-6-8-11-21/h6-17,19H,5H2,1-4H3,(H,27,29)/t19-/m1/s1. The average Bonchev–Trinajstić information content (AvgIpc) is 2.81. The second kappa shape index (κ2) is 11.1. The minimum absolute atomic E-state index is 0.227. The van der Waals surface area contributed by atoms with Crippen molar-refractivity contribution in [1.29, 1.82) is 0 Å². The van der Waals surface area contributed by atoms with E-state index in [9.17, 15) is 18.0 Å². The summed E-state index contributed by atoms with van der Waals surface area (Å²) in [6, 6.07) is 19.4. The van der Waals surface area contributed by atoms with Crippen LogP contribution in [0.5, 0.6) is 11.5 Å². The van der Waals surface area contributed by atoms with Gasteiger partial charge in [-0.3, -0.25) is 9.10 Å². The van der Waals surface area contributed by atoms with Crippen LogP contribution in [0.15, 0.2) is 72.8 Å². The number of nitrogens with zero attached hydrogens (tertiary/aromatic N) is 1. The number of anilines is 2. The van der Waals surface area contributed by atoms with Crippen molar-refractivity contribution in [2.75, 3.05) is 22.5 Å². The van der Waals surface area contributed by atoms with Gasteiger partial charge in [0, 0.05) is 5.69 Å². The van der Waals surface area contributed by atoms with Crippen LogP contribution in [0, 0.1) is 6.92 Å². The summed E-state index contributed by atoms with van der Waals surface area (Å²) in [6.45, 7) is 5.12. The van der Waals surface area contributed by atoms with Gasteiger partial charge < -0.3 is 14.8 Å². The summed E-state index contributed by atoms with van der Waals surface area (Å²) < 4.78 is 37.1. The van der Waals surface area contributed by atoms with Crippen molar-refractivity contribution in [3.05, 3.63) is 83.9 Å². The van der Waals surface area contributed by atoms with E-state index in [-0.39, 0.29) is 6.61 Å². The Morgan fingerprint density at radius 2 is 1.57 bits per heavy atom. The van der Waals surface area contributed by atoms with Gasteiger partial charge in [-0.05, 0) is 74.9 Å². The molecule has 0 heterocycles. The number of carbonyl (C=O) groups excluding carboxylic acids is 2. The van der Waals surface area contributed by atoms with Gasteiger partial charge in [0.25, 0.3) is 0 Å². The molecule has 35 heavy (non-hydrogen) atoms. The van der Waals surface area contributed by atoms with Crippen molar-refractivity contribution < 1.29 is 27.5 Å². The van der Waals surface area contributed by atoms with Crippen LogP contribution in [0.4, 0.5) is 11.4 Å². The Morgan fingerprint density at radius 1 is 0.943 bits per heavy atom. The molecule has 0 saturated carbocycles. The second-order valence-corrected chi connectivity index (χ2v) is 9.69. The van der Waals surface area contributed by atoms with Crippen LogP contribution in [-0.4, -0.2) is 39.2 Å². The van der Waals surface area contributed by atoms with Crippen LogP contribution >= 0.6 is 0 Å². The number of para-hydroxylation sites is 1. The quantitative estimate of drug-likeness (QED) is 0.429. The van der Waals surface area contributed by atoms with E-state index in [4.69, 9.17) is 9.47 Å². The van der Waals surface area contributed by atoms with E-state index in [1.165, 1.54) is 6.92 Å². The summed E-state index contributed by atoms with van der Waals surface area (Å²) in [6.07, 6.45) is 1.04. The summed E-state index contributed by atoms with van der Waals surface area (Å²) in [5.41, 5.74) is 1.56. The molecular weight excluding hydrogens is 468 g/mol. The number of ether oxygens (including phenoxy) is 2. The Hall–Kier alpha value is -3.85. The van der Waals surface area contributed by atoms with Crippen molar-refractivity contribution in [3.63, 3.8) is 0 Å². The molecule has 0 spiro atoms. The van der Waals surface area contributed by atoms with Crippen LogP contribution in [0.3, 0.4) is 0 Å². The van der Waals surface area contributed by atoms with Crippen LogP contribution in [0.2, 0.25) is 0 Å². The molecule has 1 N–H and O–H groups in total. The number of carbonyl (C=O) groups is 2. The first-order valence-electron chi connectivity index (χ1n) is 11.0. The molecule has 3 aromatic carbocycles. The number of amides is 1. The third kappa shape index (κ3) is 6.39. The molecule has 3 aromatic rings. The molecule has 0 aliphatic carbocycles. The summed E-state index contributed by atoms with van der Waals surface area (Å²) >= 11 is 0. The normalized spacial score (nSPS) is 11.9. The third-order valence-electron chi connectivity index (χ3n) is 5.25. The molecule has 1 amide bonds. The molecule has 184 valence electrons. The highest BCUT2D eigenvalue weighted by Crippen LogP contribution is 2.28. The van der Waals surface area contributed by atoms with Crippen molar-refractivity contribution in [3.8, 4) is 11.5 Å². The summed E-state index contributed by atoms with van der Waals surface area (Å²) in [5.74, 6) is 0.124. The molecule has 0 saturated heterocycles. The highest BCUT2D eigenvalue weighted by atomic mass is 32.2. The number of nitrogens with one attached hydrogen (secondary N) is 1. The molecule has 1 atom stereocenters. The van der Waals surface area contributed by atoms with Crippen LogP contribution in [0.1, 0.15) is 29.8 Å². The molecule has 0 aromatic heterocycles. The van der Waals surface area contributed by atoms with Crippen LogP contribution in [-0.2, 0) is 19.6 Å². The van der Waals surface area contributed by atoms with Gasteiger partial charge in [-0.15, -0.1) is 0 Å². The fraction of sp³-hybridized carbons (Fsp3) is 0.231. The van der Waals surface area contributed by atoms with Gasteiger partial charge in [-0.1, -0.05) is 24.3 Å². The minimum Gasteiger partial charge on any atom is -0.462 e. The molecule has 8 nitrogen and oxygen atoms in total. The van der Waals surface area contributed by atoms with E-state index in [0.29, 0.717) is 34.0 Å². The lowest BCUT2D eigenvalue weighted by Crippen LogP contribution is -2.45. The monoisotopic (exact) mass is 496 g/mol. The molecule has 0 aliphatic rings. The highest BCUT2D eigenvalue weighted by molar-refractivity contribution is 7.92. The first-order chi connectivity index (χ1) is 16.6. The molecule has 0 radical (unpaired) electrons. The van der Waals surface area contributed by atoms with Gasteiger partial charge in [0.1, 0.15) is 17.5 Å². The maximum atomic E-state index is 13.1. The number of hydrogen-bond acceptors (Lipinski definition) is 6. The predicted molar refractivity (Wildman–Crippen MR) is 136 cm³/mol. The average molecular weight is 497 g/mol. The zero-order valence-electron chi connectivity index (χ0n) is 20.0. The van der Waals surface area contributed by atoms with Gasteiger partial charge in [0.2, 0.25) is 15.9 Å². The Bertz CT molecular complexity index is 1290. The predicted octanol–water partition coefficient (Wildman–Crippen LogP) is 4.76. The maximum absolute atomic E-state index is 13.1. The van der Waals surface area contributed by atoms with Gasteiger partial charge in [0.05, 0.1) is 24.1 Å². The van der Waals surface area contributed by atoms with Crippen LogP contribution < -0.4 is 14.4 Å². The van der Waals surface area contributed by atoms with Crippen molar-refractivity contribution in [1.82, 2.24) is 0 Å². The van der Waals surface area contributed by atoms with E-state index in [1.54, 1.807) is 56.3 Å². The highest BCUT2D eigenvalue weighted by Gasteiger charge is 2.29.